The largest absolute Gasteiger partial charge is 0.438 e. The number of piperazine rings is 1. The molecular weight excluding hydrogens is 366 g/mol. The number of carbonyl (C=O) groups is 1. The third-order valence-corrected chi connectivity index (χ3v) is 5.59. The van der Waals surface area contributed by atoms with Crippen LogP contribution in [0.15, 0.2) is 45.9 Å². The molecule has 1 fully saturated rings. The maximum absolute atomic E-state index is 12.5. The highest BCUT2D eigenvalue weighted by Crippen LogP contribution is 2.22. The van der Waals surface area contributed by atoms with E-state index in [1.165, 1.54) is 19.2 Å². The van der Waals surface area contributed by atoms with E-state index in [9.17, 15) is 13.2 Å². The Morgan fingerprint density at radius 2 is 1.88 bits per heavy atom. The Bertz CT molecular complexity index is 873. The lowest BCUT2D eigenvalue weighted by Gasteiger charge is -2.35. The first-order valence-electron chi connectivity index (χ1n) is 7.74. The average molecular weight is 384 g/mol. The normalized spacial score (nSPS) is 15.4. The Hall–Kier alpha value is -2.03. The molecule has 0 saturated carbocycles. The van der Waals surface area contributed by atoms with Gasteiger partial charge >= 0.3 is 0 Å². The number of hydrogen-bond acceptors (Lipinski definition) is 5. The van der Waals surface area contributed by atoms with E-state index in [4.69, 9.17) is 16.0 Å². The monoisotopic (exact) mass is 383 g/mol. The first-order chi connectivity index (χ1) is 11.9. The fourth-order valence-electron chi connectivity index (χ4n) is 2.68. The summed E-state index contributed by atoms with van der Waals surface area (Å²) in [4.78, 5) is 16.3. The van der Waals surface area contributed by atoms with Gasteiger partial charge in [0.15, 0.2) is 5.76 Å². The van der Waals surface area contributed by atoms with E-state index in [2.05, 4.69) is 9.62 Å². The van der Waals surface area contributed by atoms with Crippen molar-refractivity contribution in [3.8, 4) is 0 Å². The predicted molar refractivity (Wildman–Crippen MR) is 94.5 cm³/mol. The summed E-state index contributed by atoms with van der Waals surface area (Å²) in [6.45, 7) is 2.35. The fourth-order valence-corrected chi connectivity index (χ4v) is 3.51. The van der Waals surface area contributed by atoms with Crippen molar-refractivity contribution in [2.45, 2.75) is 5.09 Å². The molecule has 1 aromatic carbocycles. The molecule has 1 aromatic heterocycles. The molecule has 0 radical (unpaired) electrons. The maximum atomic E-state index is 12.5. The summed E-state index contributed by atoms with van der Waals surface area (Å²) in [7, 11) is -2.41. The van der Waals surface area contributed by atoms with E-state index in [0.717, 1.165) is 5.69 Å². The van der Waals surface area contributed by atoms with Crippen molar-refractivity contribution in [3.05, 3.63) is 47.2 Å². The zero-order valence-electron chi connectivity index (χ0n) is 13.6. The highest BCUT2D eigenvalue weighted by Gasteiger charge is 2.26. The van der Waals surface area contributed by atoms with Gasteiger partial charge in [-0.15, -0.1) is 0 Å². The standard InChI is InChI=1S/C16H18ClN3O4S/c1-18-25(22,23)15-6-5-14(24-15)16(21)20-9-7-19(8-10-20)13-4-2-3-12(17)11-13/h2-6,11,18H,7-10H2,1H3. The molecule has 1 aliphatic rings. The molecule has 9 heteroatoms. The van der Waals surface area contributed by atoms with Gasteiger partial charge in [-0.3, -0.25) is 4.79 Å². The lowest BCUT2D eigenvalue weighted by molar-refractivity contribution is 0.0709. The van der Waals surface area contributed by atoms with Gasteiger partial charge in [-0.05, 0) is 37.4 Å². The topological polar surface area (TPSA) is 82.9 Å². The minimum Gasteiger partial charge on any atom is -0.438 e. The highest BCUT2D eigenvalue weighted by molar-refractivity contribution is 7.89. The van der Waals surface area contributed by atoms with E-state index < -0.39 is 10.0 Å². The number of carbonyl (C=O) groups excluding carboxylic acids is 1. The Morgan fingerprint density at radius 1 is 1.16 bits per heavy atom. The SMILES string of the molecule is CNS(=O)(=O)c1ccc(C(=O)N2CCN(c3cccc(Cl)c3)CC2)o1. The molecule has 1 N–H and O–H groups in total. The van der Waals surface area contributed by atoms with Gasteiger partial charge in [0, 0.05) is 36.9 Å². The number of nitrogens with one attached hydrogen (secondary N) is 1. The van der Waals surface area contributed by atoms with Gasteiger partial charge in [0.2, 0.25) is 5.09 Å². The van der Waals surface area contributed by atoms with Gasteiger partial charge in [-0.2, -0.15) is 0 Å². The van der Waals surface area contributed by atoms with Gasteiger partial charge < -0.3 is 14.2 Å². The quantitative estimate of drug-likeness (QED) is 0.870. The van der Waals surface area contributed by atoms with Crippen LogP contribution >= 0.6 is 11.6 Å². The number of hydrogen-bond donors (Lipinski definition) is 1. The Balaban J connectivity index is 1.66. The average Bonchev–Trinajstić information content (AvgIpc) is 3.12. The minimum absolute atomic E-state index is 0.0185. The van der Waals surface area contributed by atoms with Crippen molar-refractivity contribution in [1.82, 2.24) is 9.62 Å². The van der Waals surface area contributed by atoms with Crippen LogP contribution in [0.5, 0.6) is 0 Å². The predicted octanol–water partition coefficient (Wildman–Crippen LogP) is 1.80. The number of sulfonamides is 1. The van der Waals surface area contributed by atoms with Crippen LogP contribution in [-0.4, -0.2) is 52.5 Å². The molecule has 3 rings (SSSR count). The summed E-state index contributed by atoms with van der Waals surface area (Å²) in [6, 6.07) is 10.2. The number of rotatable bonds is 4. The summed E-state index contributed by atoms with van der Waals surface area (Å²) in [5, 5.41) is 0.403. The fraction of sp³-hybridized carbons (Fsp3) is 0.312. The number of benzene rings is 1. The van der Waals surface area contributed by atoms with Crippen molar-refractivity contribution in [3.63, 3.8) is 0 Å². The first-order valence-corrected chi connectivity index (χ1v) is 9.60. The third-order valence-electron chi connectivity index (χ3n) is 4.07. The number of amides is 1. The van der Waals surface area contributed by atoms with Crippen molar-refractivity contribution >= 4 is 33.2 Å². The molecule has 134 valence electrons. The van der Waals surface area contributed by atoms with Crippen molar-refractivity contribution in [2.24, 2.45) is 0 Å². The Morgan fingerprint density at radius 3 is 2.52 bits per heavy atom. The van der Waals surface area contributed by atoms with Crippen molar-refractivity contribution < 1.29 is 17.6 Å². The minimum atomic E-state index is -3.70. The summed E-state index contributed by atoms with van der Waals surface area (Å²) in [5.41, 5.74) is 1.01. The zero-order valence-corrected chi connectivity index (χ0v) is 15.2. The van der Waals surface area contributed by atoms with Gasteiger partial charge in [0.1, 0.15) is 0 Å². The van der Waals surface area contributed by atoms with Crippen LogP contribution in [0.25, 0.3) is 0 Å². The van der Waals surface area contributed by atoms with E-state index >= 15 is 0 Å². The van der Waals surface area contributed by atoms with Crippen LogP contribution in [0.3, 0.4) is 0 Å². The summed E-state index contributed by atoms with van der Waals surface area (Å²) < 4.78 is 30.7. The Kier molecular flexibility index (Phi) is 5.03. The van der Waals surface area contributed by atoms with Crippen LogP contribution in [0.2, 0.25) is 5.02 Å². The second kappa shape index (κ2) is 7.07. The molecule has 0 spiro atoms. The molecular formula is C16H18ClN3O4S. The lowest BCUT2D eigenvalue weighted by Crippen LogP contribution is -2.48. The van der Waals surface area contributed by atoms with E-state index in [1.807, 2.05) is 24.3 Å². The van der Waals surface area contributed by atoms with Crippen LogP contribution < -0.4 is 9.62 Å². The third kappa shape index (κ3) is 3.81. The zero-order chi connectivity index (χ0) is 18.0. The second-order valence-electron chi connectivity index (χ2n) is 5.59. The van der Waals surface area contributed by atoms with E-state index in [-0.39, 0.29) is 16.8 Å². The summed E-state index contributed by atoms with van der Waals surface area (Å²) >= 11 is 6.02. The molecule has 2 heterocycles. The number of nitrogens with zero attached hydrogens (tertiary/aromatic N) is 2. The summed E-state index contributed by atoms with van der Waals surface area (Å²) in [5.74, 6) is -0.298. The molecule has 1 aliphatic heterocycles. The second-order valence-corrected chi connectivity index (χ2v) is 7.84. The van der Waals surface area contributed by atoms with Gasteiger partial charge in [0.05, 0.1) is 0 Å². The van der Waals surface area contributed by atoms with Crippen molar-refractivity contribution in [1.29, 1.82) is 0 Å². The van der Waals surface area contributed by atoms with E-state index in [1.54, 1.807) is 4.90 Å². The molecule has 2 aromatic rings. The smallest absolute Gasteiger partial charge is 0.289 e. The van der Waals surface area contributed by atoms with E-state index in [0.29, 0.717) is 31.2 Å². The van der Waals surface area contributed by atoms with Crippen LogP contribution in [0.4, 0.5) is 5.69 Å². The molecule has 1 saturated heterocycles. The van der Waals surface area contributed by atoms with Gasteiger partial charge in [0.25, 0.3) is 15.9 Å². The number of halogens is 1. The maximum Gasteiger partial charge on any atom is 0.289 e. The molecule has 0 aliphatic carbocycles. The van der Waals surface area contributed by atoms with Crippen molar-refractivity contribution in [2.75, 3.05) is 38.1 Å². The molecule has 0 unspecified atom stereocenters. The summed E-state index contributed by atoms with van der Waals surface area (Å²) in [6.07, 6.45) is 0. The number of anilines is 1. The molecule has 25 heavy (non-hydrogen) atoms. The van der Waals surface area contributed by atoms with Crippen LogP contribution in [0, 0.1) is 0 Å². The first kappa shape index (κ1) is 17.8. The Labute approximate surface area is 151 Å². The molecule has 7 nitrogen and oxygen atoms in total. The van der Waals surface area contributed by atoms with Gasteiger partial charge in [-0.25, -0.2) is 13.1 Å². The van der Waals surface area contributed by atoms with Crippen LogP contribution in [0.1, 0.15) is 10.6 Å². The van der Waals surface area contributed by atoms with Crippen LogP contribution in [-0.2, 0) is 10.0 Å². The molecule has 1 amide bonds. The van der Waals surface area contributed by atoms with Gasteiger partial charge in [-0.1, -0.05) is 17.7 Å². The highest BCUT2D eigenvalue weighted by atomic mass is 35.5. The molecule has 0 bridgehead atoms. The lowest BCUT2D eigenvalue weighted by atomic mass is 10.2. The molecule has 0 atom stereocenters. The number of furan rings is 1.